The maximum atomic E-state index is 13.0. The van der Waals surface area contributed by atoms with E-state index in [-0.39, 0.29) is 39.9 Å². The molecule has 1 aromatic carbocycles. The van der Waals surface area contributed by atoms with Crippen molar-refractivity contribution in [3.8, 4) is 17.2 Å². The molecular formula is C21H28O5. The summed E-state index contributed by atoms with van der Waals surface area (Å²) in [5.41, 5.74) is 0.292. The van der Waals surface area contributed by atoms with Crippen LogP contribution >= 0.6 is 0 Å². The second-order valence-electron chi connectivity index (χ2n) is 8.67. The maximum absolute atomic E-state index is 13.0. The van der Waals surface area contributed by atoms with Crippen LogP contribution < -0.4 is 4.74 Å². The molecule has 0 spiro atoms. The zero-order valence-corrected chi connectivity index (χ0v) is 16.4. The van der Waals surface area contributed by atoms with Crippen LogP contribution in [0.1, 0.15) is 81.3 Å². The molecule has 0 saturated heterocycles. The van der Waals surface area contributed by atoms with E-state index in [1.807, 2.05) is 34.6 Å². The molecule has 0 aromatic heterocycles. The molecule has 3 rings (SSSR count). The van der Waals surface area contributed by atoms with Gasteiger partial charge in [-0.25, -0.2) is 0 Å². The summed E-state index contributed by atoms with van der Waals surface area (Å²) >= 11 is 0. The summed E-state index contributed by atoms with van der Waals surface area (Å²) in [7, 11) is 1.44. The number of phenolic OH excluding ortho intramolecular Hbond substituents is 2. The monoisotopic (exact) mass is 360 g/mol. The zero-order chi connectivity index (χ0) is 19.6. The number of fused-ring (bicyclic) bond motifs is 3. The number of hydrogen-bond donors (Lipinski definition) is 3. The molecule has 2 aliphatic carbocycles. The lowest BCUT2D eigenvalue weighted by Gasteiger charge is -2.49. The van der Waals surface area contributed by atoms with Crippen LogP contribution in [0.5, 0.6) is 17.2 Å². The minimum atomic E-state index is -0.737. The summed E-state index contributed by atoms with van der Waals surface area (Å²) in [6, 6.07) is 0. The molecule has 2 aliphatic rings. The molecule has 1 aromatic rings. The van der Waals surface area contributed by atoms with Crippen molar-refractivity contribution in [2.24, 2.45) is 5.41 Å². The first-order chi connectivity index (χ1) is 12.0. The molecule has 3 N–H and O–H groups in total. The Hall–Kier alpha value is -2.17. The number of benzene rings is 1. The smallest absolute Gasteiger partial charge is 0.231 e. The number of carbonyl (C=O) groups excluding carboxylic acids is 1. The van der Waals surface area contributed by atoms with Gasteiger partial charge in [0.15, 0.2) is 17.3 Å². The van der Waals surface area contributed by atoms with E-state index in [1.54, 1.807) is 0 Å². The topological polar surface area (TPSA) is 87.0 Å². The lowest BCUT2D eigenvalue weighted by molar-refractivity contribution is 0.0934. The lowest BCUT2D eigenvalue weighted by atomic mass is 9.54. The van der Waals surface area contributed by atoms with Crippen molar-refractivity contribution in [3.05, 3.63) is 28.0 Å². The zero-order valence-electron chi connectivity index (χ0n) is 16.4. The van der Waals surface area contributed by atoms with Gasteiger partial charge in [0.05, 0.1) is 12.7 Å². The van der Waals surface area contributed by atoms with E-state index < -0.39 is 11.2 Å². The SMILES string of the molecule is COc1c(O)c2c(c(O)c1C(C)C)C(=O)C(O)=C1C(C)(C)CCC[C@@]12C. The van der Waals surface area contributed by atoms with Gasteiger partial charge in [0.1, 0.15) is 5.75 Å². The fraction of sp³-hybridized carbons (Fsp3) is 0.571. The third-order valence-corrected chi connectivity index (χ3v) is 6.16. The Morgan fingerprint density at radius 3 is 2.19 bits per heavy atom. The van der Waals surface area contributed by atoms with Gasteiger partial charge >= 0.3 is 0 Å². The molecule has 1 atom stereocenters. The van der Waals surface area contributed by atoms with Gasteiger partial charge < -0.3 is 20.1 Å². The van der Waals surface area contributed by atoms with Crippen molar-refractivity contribution in [2.75, 3.05) is 7.11 Å². The number of hydrogen-bond acceptors (Lipinski definition) is 5. The van der Waals surface area contributed by atoms with Gasteiger partial charge in [-0.05, 0) is 29.7 Å². The first-order valence-corrected chi connectivity index (χ1v) is 9.14. The van der Waals surface area contributed by atoms with E-state index in [1.165, 1.54) is 7.11 Å². The summed E-state index contributed by atoms with van der Waals surface area (Å²) in [5.74, 6) is -1.20. The summed E-state index contributed by atoms with van der Waals surface area (Å²) < 4.78 is 5.42. The summed E-state index contributed by atoms with van der Waals surface area (Å²) in [6.07, 6.45) is 2.41. The predicted molar refractivity (Wildman–Crippen MR) is 99.4 cm³/mol. The maximum Gasteiger partial charge on any atom is 0.231 e. The highest BCUT2D eigenvalue weighted by Crippen LogP contribution is 2.61. The van der Waals surface area contributed by atoms with Gasteiger partial charge in [-0.15, -0.1) is 0 Å². The molecule has 5 heteroatoms. The number of ether oxygens (including phenoxy) is 1. The van der Waals surface area contributed by atoms with Crippen LogP contribution in [0.15, 0.2) is 11.3 Å². The van der Waals surface area contributed by atoms with Crippen molar-refractivity contribution in [2.45, 2.75) is 65.2 Å². The first kappa shape index (κ1) is 18.6. The fourth-order valence-corrected chi connectivity index (χ4v) is 5.17. The number of ketones is 1. The van der Waals surface area contributed by atoms with E-state index in [9.17, 15) is 20.1 Å². The second-order valence-corrected chi connectivity index (χ2v) is 8.67. The molecule has 0 heterocycles. The van der Waals surface area contributed by atoms with Crippen LogP contribution in [0.3, 0.4) is 0 Å². The van der Waals surface area contributed by atoms with Gasteiger partial charge in [0.2, 0.25) is 5.78 Å². The molecule has 142 valence electrons. The molecule has 26 heavy (non-hydrogen) atoms. The van der Waals surface area contributed by atoms with Crippen molar-refractivity contribution in [1.82, 2.24) is 0 Å². The van der Waals surface area contributed by atoms with E-state index >= 15 is 0 Å². The molecule has 5 nitrogen and oxygen atoms in total. The first-order valence-electron chi connectivity index (χ1n) is 9.14. The fourth-order valence-electron chi connectivity index (χ4n) is 5.17. The Balaban J connectivity index is 2.48. The molecule has 1 fully saturated rings. The third kappa shape index (κ3) is 2.19. The number of Topliss-reactive ketones (excluding diaryl/α,β-unsaturated/α-hetero) is 1. The number of rotatable bonds is 2. The van der Waals surface area contributed by atoms with Gasteiger partial charge in [0, 0.05) is 16.5 Å². The molecule has 1 saturated carbocycles. The van der Waals surface area contributed by atoms with Crippen LogP contribution in [0.4, 0.5) is 0 Å². The highest BCUT2D eigenvalue weighted by atomic mass is 16.5. The molecule has 0 radical (unpaired) electrons. The normalized spacial score (nSPS) is 24.5. The van der Waals surface area contributed by atoms with Gasteiger partial charge in [-0.1, -0.05) is 41.0 Å². The van der Waals surface area contributed by atoms with Crippen LogP contribution in [-0.4, -0.2) is 28.2 Å². The van der Waals surface area contributed by atoms with Crippen LogP contribution in [0.25, 0.3) is 0 Å². The highest BCUT2D eigenvalue weighted by molar-refractivity contribution is 6.13. The summed E-state index contributed by atoms with van der Waals surface area (Å²) in [4.78, 5) is 13.0. The Labute approximate surface area is 154 Å². The van der Waals surface area contributed by atoms with E-state index in [4.69, 9.17) is 4.74 Å². The van der Waals surface area contributed by atoms with E-state index in [2.05, 4.69) is 0 Å². The minimum Gasteiger partial charge on any atom is -0.507 e. The molecular weight excluding hydrogens is 332 g/mol. The largest absolute Gasteiger partial charge is 0.507 e. The van der Waals surface area contributed by atoms with Crippen LogP contribution in [-0.2, 0) is 5.41 Å². The van der Waals surface area contributed by atoms with Gasteiger partial charge in [0.25, 0.3) is 0 Å². The van der Waals surface area contributed by atoms with Gasteiger partial charge in [-0.3, -0.25) is 4.79 Å². The minimum absolute atomic E-state index is 0.00782. The molecule has 0 unspecified atom stereocenters. The number of methoxy groups -OCH3 is 1. The van der Waals surface area contributed by atoms with Crippen LogP contribution in [0.2, 0.25) is 0 Å². The average Bonchev–Trinajstić information content (AvgIpc) is 2.52. The number of carbonyl (C=O) groups is 1. The lowest BCUT2D eigenvalue weighted by Crippen LogP contribution is -2.43. The summed E-state index contributed by atoms with van der Waals surface area (Å²) in [6.45, 7) is 9.64. The number of allylic oxidation sites excluding steroid dienone is 2. The second kappa shape index (κ2) is 5.66. The van der Waals surface area contributed by atoms with E-state index in [0.717, 1.165) is 12.8 Å². The Kier molecular flexibility index (Phi) is 4.05. The van der Waals surface area contributed by atoms with Crippen molar-refractivity contribution >= 4 is 5.78 Å². The number of phenols is 2. The quantitative estimate of drug-likeness (QED) is 0.665. The third-order valence-electron chi connectivity index (χ3n) is 6.16. The predicted octanol–water partition coefficient (Wildman–Crippen LogP) is 4.71. The Morgan fingerprint density at radius 1 is 1.04 bits per heavy atom. The average molecular weight is 360 g/mol. The van der Waals surface area contributed by atoms with Gasteiger partial charge in [-0.2, -0.15) is 0 Å². The molecule has 0 amide bonds. The Morgan fingerprint density at radius 2 is 1.65 bits per heavy atom. The van der Waals surface area contributed by atoms with Crippen molar-refractivity contribution in [1.29, 1.82) is 0 Å². The highest BCUT2D eigenvalue weighted by Gasteiger charge is 2.53. The number of aliphatic hydroxyl groups is 1. The van der Waals surface area contributed by atoms with Crippen molar-refractivity contribution in [3.63, 3.8) is 0 Å². The molecule has 0 aliphatic heterocycles. The number of aliphatic hydroxyl groups excluding tert-OH is 1. The standard InChI is InChI=1S/C21H28O5/c1-10(2)11-14(22)12-13(16(24)18(11)26-6)21(5)9-7-8-20(3,4)19(21)17(25)15(12)23/h10,22,24-25H,7-9H2,1-6H3/t21-/m1/s1. The van der Waals surface area contributed by atoms with Crippen LogP contribution in [0, 0.1) is 5.41 Å². The Bertz CT molecular complexity index is 832. The van der Waals surface area contributed by atoms with Crippen molar-refractivity contribution < 1.29 is 24.9 Å². The number of aromatic hydroxyl groups is 2. The molecule has 0 bridgehead atoms. The van der Waals surface area contributed by atoms with E-state index in [0.29, 0.717) is 23.1 Å². The summed E-state index contributed by atoms with van der Waals surface area (Å²) in [5, 5.41) is 32.8.